The topological polar surface area (TPSA) is 38.5 Å². The molecular formula is C16H23ClN2O. The molecule has 1 aliphatic carbocycles. The van der Waals surface area contributed by atoms with Gasteiger partial charge in [0.15, 0.2) is 0 Å². The second kappa shape index (κ2) is 6.33. The molecule has 1 aliphatic heterocycles. The van der Waals surface area contributed by atoms with E-state index in [4.69, 9.17) is 22.1 Å². The Kier molecular flexibility index (Phi) is 4.49. The molecule has 0 amide bonds. The van der Waals surface area contributed by atoms with Gasteiger partial charge in [0.05, 0.1) is 18.8 Å². The lowest BCUT2D eigenvalue weighted by Crippen LogP contribution is -2.53. The predicted octanol–water partition coefficient (Wildman–Crippen LogP) is 2.99. The zero-order valence-electron chi connectivity index (χ0n) is 11.9. The maximum Gasteiger partial charge on any atom is 0.0779 e. The fraction of sp³-hybridized carbons (Fsp3) is 0.625. The molecule has 1 heterocycles. The number of nitrogens with zero attached hydrogens (tertiary/aromatic N) is 1. The normalized spacial score (nSPS) is 26.4. The Bertz CT molecular complexity index is 464. The highest BCUT2D eigenvalue weighted by Crippen LogP contribution is 2.35. The van der Waals surface area contributed by atoms with Crippen LogP contribution in [-0.4, -0.2) is 31.8 Å². The van der Waals surface area contributed by atoms with Crippen LogP contribution in [0.2, 0.25) is 5.02 Å². The lowest BCUT2D eigenvalue weighted by atomic mass is 9.89. The van der Waals surface area contributed by atoms with E-state index in [2.05, 4.69) is 17.0 Å². The van der Waals surface area contributed by atoms with Gasteiger partial charge in [0.1, 0.15) is 0 Å². The number of hydrogen-bond acceptors (Lipinski definition) is 3. The Balaban J connectivity index is 1.91. The van der Waals surface area contributed by atoms with Crippen LogP contribution in [0.3, 0.4) is 0 Å². The van der Waals surface area contributed by atoms with E-state index >= 15 is 0 Å². The summed E-state index contributed by atoms with van der Waals surface area (Å²) in [5.41, 5.74) is 8.33. The molecule has 2 N–H and O–H groups in total. The van der Waals surface area contributed by atoms with Gasteiger partial charge in [-0.3, -0.25) is 0 Å². The van der Waals surface area contributed by atoms with Gasteiger partial charge in [0.2, 0.25) is 0 Å². The van der Waals surface area contributed by atoms with Gasteiger partial charge in [-0.1, -0.05) is 30.5 Å². The van der Waals surface area contributed by atoms with Crippen molar-refractivity contribution in [2.45, 2.75) is 44.2 Å². The van der Waals surface area contributed by atoms with E-state index in [-0.39, 0.29) is 0 Å². The largest absolute Gasteiger partial charge is 0.374 e. The number of ether oxygens (including phenoxy) is 1. The van der Waals surface area contributed by atoms with Crippen LogP contribution in [0, 0.1) is 0 Å². The average Bonchev–Trinajstić information content (AvgIpc) is 2.49. The SMILES string of the molecule is NCCc1ccc(Cl)cc1N1CCOC2CCCCC21. The molecule has 2 unspecified atom stereocenters. The summed E-state index contributed by atoms with van der Waals surface area (Å²) in [4.78, 5) is 2.52. The summed E-state index contributed by atoms with van der Waals surface area (Å²) in [5, 5.41) is 0.805. The molecule has 4 heteroatoms. The quantitative estimate of drug-likeness (QED) is 0.931. The number of nitrogens with two attached hydrogens (primary N) is 1. The zero-order chi connectivity index (χ0) is 13.9. The Hall–Kier alpha value is -0.770. The molecule has 1 aromatic rings. The van der Waals surface area contributed by atoms with Crippen LogP contribution in [0.1, 0.15) is 31.2 Å². The van der Waals surface area contributed by atoms with Crippen molar-refractivity contribution in [2.75, 3.05) is 24.6 Å². The van der Waals surface area contributed by atoms with Crippen LogP contribution >= 0.6 is 11.6 Å². The first-order chi connectivity index (χ1) is 9.79. The first kappa shape index (κ1) is 14.2. The lowest BCUT2D eigenvalue weighted by Gasteiger charge is -2.45. The van der Waals surface area contributed by atoms with Crippen molar-refractivity contribution in [1.29, 1.82) is 0 Å². The van der Waals surface area contributed by atoms with Gasteiger partial charge in [-0.15, -0.1) is 0 Å². The Labute approximate surface area is 126 Å². The summed E-state index contributed by atoms with van der Waals surface area (Å²) < 4.78 is 5.96. The molecule has 0 spiro atoms. The van der Waals surface area contributed by atoms with Gasteiger partial charge in [0.25, 0.3) is 0 Å². The highest BCUT2D eigenvalue weighted by molar-refractivity contribution is 6.30. The van der Waals surface area contributed by atoms with Crippen LogP contribution in [0.5, 0.6) is 0 Å². The second-order valence-electron chi connectivity index (χ2n) is 5.77. The second-order valence-corrected chi connectivity index (χ2v) is 6.20. The Morgan fingerprint density at radius 1 is 1.30 bits per heavy atom. The van der Waals surface area contributed by atoms with Crippen LogP contribution in [0.15, 0.2) is 18.2 Å². The minimum absolute atomic E-state index is 0.391. The maximum atomic E-state index is 6.22. The van der Waals surface area contributed by atoms with E-state index in [1.807, 2.05) is 6.07 Å². The van der Waals surface area contributed by atoms with Crippen molar-refractivity contribution in [2.24, 2.45) is 5.73 Å². The minimum Gasteiger partial charge on any atom is -0.374 e. The van der Waals surface area contributed by atoms with E-state index in [1.165, 1.54) is 36.9 Å². The van der Waals surface area contributed by atoms with Crippen LogP contribution in [0.25, 0.3) is 0 Å². The number of rotatable bonds is 3. The Morgan fingerprint density at radius 3 is 3.00 bits per heavy atom. The molecule has 0 bridgehead atoms. The predicted molar refractivity (Wildman–Crippen MR) is 83.6 cm³/mol. The van der Waals surface area contributed by atoms with Gasteiger partial charge in [0, 0.05) is 17.3 Å². The lowest BCUT2D eigenvalue weighted by molar-refractivity contribution is -0.00873. The fourth-order valence-electron chi connectivity index (χ4n) is 3.57. The highest BCUT2D eigenvalue weighted by atomic mass is 35.5. The highest BCUT2D eigenvalue weighted by Gasteiger charge is 2.34. The van der Waals surface area contributed by atoms with Gasteiger partial charge < -0.3 is 15.4 Å². The Morgan fingerprint density at radius 2 is 2.15 bits per heavy atom. The third-order valence-corrected chi connectivity index (χ3v) is 4.74. The molecule has 110 valence electrons. The van der Waals surface area contributed by atoms with Crippen LogP contribution in [0.4, 0.5) is 5.69 Å². The molecule has 1 saturated carbocycles. The molecule has 0 aromatic heterocycles. The molecule has 3 rings (SSSR count). The van der Waals surface area contributed by atoms with Crippen molar-refractivity contribution in [1.82, 2.24) is 0 Å². The van der Waals surface area contributed by atoms with E-state index in [1.54, 1.807) is 0 Å². The summed E-state index contributed by atoms with van der Waals surface area (Å²) >= 11 is 6.22. The smallest absolute Gasteiger partial charge is 0.0779 e. The van der Waals surface area contributed by atoms with E-state index < -0.39 is 0 Å². The van der Waals surface area contributed by atoms with Crippen molar-refractivity contribution in [3.63, 3.8) is 0 Å². The summed E-state index contributed by atoms with van der Waals surface area (Å²) in [5.74, 6) is 0. The molecule has 1 aromatic carbocycles. The molecule has 2 aliphatic rings. The van der Waals surface area contributed by atoms with Gasteiger partial charge >= 0.3 is 0 Å². The number of fused-ring (bicyclic) bond motifs is 1. The summed E-state index contributed by atoms with van der Waals surface area (Å²) in [6, 6.07) is 6.70. The number of hydrogen-bond donors (Lipinski definition) is 1. The number of morpholine rings is 1. The van der Waals surface area contributed by atoms with Crippen molar-refractivity contribution >= 4 is 17.3 Å². The summed E-state index contributed by atoms with van der Waals surface area (Å²) in [7, 11) is 0. The van der Waals surface area contributed by atoms with E-state index in [0.29, 0.717) is 18.7 Å². The zero-order valence-corrected chi connectivity index (χ0v) is 12.6. The van der Waals surface area contributed by atoms with Crippen LogP contribution in [-0.2, 0) is 11.2 Å². The summed E-state index contributed by atoms with van der Waals surface area (Å²) in [6.07, 6.45) is 6.30. The number of anilines is 1. The van der Waals surface area contributed by atoms with Crippen molar-refractivity contribution in [3.8, 4) is 0 Å². The molecule has 0 radical (unpaired) electrons. The number of benzene rings is 1. The minimum atomic E-state index is 0.391. The summed E-state index contributed by atoms with van der Waals surface area (Å²) in [6.45, 7) is 2.45. The van der Waals surface area contributed by atoms with E-state index in [9.17, 15) is 0 Å². The molecule has 2 atom stereocenters. The third-order valence-electron chi connectivity index (χ3n) is 4.50. The average molecular weight is 295 g/mol. The molecule has 20 heavy (non-hydrogen) atoms. The van der Waals surface area contributed by atoms with Gasteiger partial charge in [-0.05, 0) is 43.5 Å². The monoisotopic (exact) mass is 294 g/mol. The first-order valence-electron chi connectivity index (χ1n) is 7.66. The van der Waals surface area contributed by atoms with E-state index in [0.717, 1.165) is 24.6 Å². The van der Waals surface area contributed by atoms with Crippen molar-refractivity contribution in [3.05, 3.63) is 28.8 Å². The van der Waals surface area contributed by atoms with Crippen molar-refractivity contribution < 1.29 is 4.74 Å². The van der Waals surface area contributed by atoms with Gasteiger partial charge in [-0.25, -0.2) is 0 Å². The fourth-order valence-corrected chi connectivity index (χ4v) is 3.73. The standard InChI is InChI=1S/C16H23ClN2O/c17-13-6-5-12(7-8-18)15(11-13)19-9-10-20-16-4-2-1-3-14(16)19/h5-6,11,14,16H,1-4,7-10,18H2. The maximum absolute atomic E-state index is 6.22. The first-order valence-corrected chi connectivity index (χ1v) is 8.04. The number of halogens is 1. The van der Waals surface area contributed by atoms with Crippen LogP contribution < -0.4 is 10.6 Å². The molecular weight excluding hydrogens is 272 g/mol. The molecule has 3 nitrogen and oxygen atoms in total. The molecule has 1 saturated heterocycles. The molecule has 2 fully saturated rings. The third kappa shape index (κ3) is 2.80. The van der Waals surface area contributed by atoms with Gasteiger partial charge in [-0.2, -0.15) is 0 Å².